The first kappa shape index (κ1) is 23.8. The molecular weight excluding hydrogens is 448 g/mol. The second-order valence-corrected chi connectivity index (χ2v) is 9.23. The Hall–Kier alpha value is -2.85. The fourth-order valence-electron chi connectivity index (χ4n) is 3.06. The molecule has 0 spiro atoms. The third kappa shape index (κ3) is 5.49. The molecule has 2 aromatic heterocycles. The summed E-state index contributed by atoms with van der Waals surface area (Å²) in [6.07, 6.45) is 0. The van der Waals surface area contributed by atoms with Crippen LogP contribution in [0.2, 0.25) is 0 Å². The molecule has 1 N–H and O–H groups in total. The number of aryl methyl sites for hydroxylation is 2. The number of thiophene rings is 1. The van der Waals surface area contributed by atoms with E-state index in [9.17, 15) is 9.59 Å². The van der Waals surface area contributed by atoms with Crippen molar-refractivity contribution < 1.29 is 19.1 Å². The number of rotatable bonds is 9. The van der Waals surface area contributed by atoms with E-state index in [-0.39, 0.29) is 18.3 Å². The van der Waals surface area contributed by atoms with Crippen molar-refractivity contribution in [2.24, 2.45) is 0 Å². The monoisotopic (exact) mass is 474 g/mol. The first-order chi connectivity index (χ1) is 15.3. The van der Waals surface area contributed by atoms with Crippen molar-refractivity contribution >= 4 is 40.0 Å². The van der Waals surface area contributed by atoms with Crippen LogP contribution in [0, 0.1) is 20.8 Å². The number of carbonyl (C=O) groups excluding carboxylic acids is 2. The molecule has 0 saturated carbocycles. The highest BCUT2D eigenvalue weighted by Gasteiger charge is 2.22. The molecule has 0 atom stereocenters. The summed E-state index contributed by atoms with van der Waals surface area (Å²) < 4.78 is 12.6. The topological polar surface area (TPSA) is 95.3 Å². The average Bonchev–Trinajstić information content (AvgIpc) is 3.29. The highest BCUT2D eigenvalue weighted by Crippen LogP contribution is 2.33. The van der Waals surface area contributed by atoms with Crippen molar-refractivity contribution in [3.63, 3.8) is 0 Å². The Balaban J connectivity index is 1.63. The molecule has 10 heteroatoms. The van der Waals surface area contributed by atoms with Gasteiger partial charge in [-0.25, -0.2) is 4.79 Å². The van der Waals surface area contributed by atoms with Gasteiger partial charge in [-0.15, -0.1) is 21.5 Å². The summed E-state index contributed by atoms with van der Waals surface area (Å²) >= 11 is 2.65. The van der Waals surface area contributed by atoms with Gasteiger partial charge in [-0.05, 0) is 51.0 Å². The normalized spacial score (nSPS) is 10.8. The van der Waals surface area contributed by atoms with E-state index in [0.29, 0.717) is 28.1 Å². The maximum Gasteiger partial charge on any atom is 0.341 e. The van der Waals surface area contributed by atoms with Crippen LogP contribution in [0.3, 0.4) is 0 Å². The molecule has 3 aromatic rings. The minimum atomic E-state index is -0.459. The summed E-state index contributed by atoms with van der Waals surface area (Å²) in [6.45, 7) is 8.68. The molecule has 0 fully saturated rings. The number of nitrogens with one attached hydrogen (secondary N) is 1. The summed E-state index contributed by atoms with van der Waals surface area (Å²) in [6, 6.07) is 7.81. The largest absolute Gasteiger partial charge is 0.486 e. The van der Waals surface area contributed by atoms with Crippen LogP contribution >= 0.6 is 23.1 Å². The lowest BCUT2D eigenvalue weighted by molar-refractivity contribution is -0.113. The SMILES string of the molecule is CCn1c(COc2cccc(C)c2)nnc1SCC(=O)Nc1sc(C)c(C)c1C(=O)OC. The quantitative estimate of drug-likeness (QED) is 0.363. The molecule has 8 nitrogen and oxygen atoms in total. The molecule has 1 aromatic carbocycles. The van der Waals surface area contributed by atoms with Crippen LogP contribution in [-0.4, -0.2) is 39.5 Å². The van der Waals surface area contributed by atoms with E-state index in [2.05, 4.69) is 15.5 Å². The van der Waals surface area contributed by atoms with E-state index < -0.39 is 5.97 Å². The van der Waals surface area contributed by atoms with Gasteiger partial charge in [-0.1, -0.05) is 23.9 Å². The Morgan fingerprint density at radius 3 is 2.69 bits per heavy atom. The van der Waals surface area contributed by atoms with Crippen molar-refractivity contribution in [3.05, 3.63) is 51.7 Å². The lowest BCUT2D eigenvalue weighted by Crippen LogP contribution is -2.16. The van der Waals surface area contributed by atoms with Crippen LogP contribution in [0.5, 0.6) is 5.75 Å². The summed E-state index contributed by atoms with van der Waals surface area (Å²) in [5.74, 6) is 0.901. The number of ether oxygens (including phenoxy) is 2. The molecule has 0 unspecified atom stereocenters. The van der Waals surface area contributed by atoms with Gasteiger partial charge < -0.3 is 19.4 Å². The molecule has 3 rings (SSSR count). The predicted octanol–water partition coefficient (Wildman–Crippen LogP) is 4.38. The van der Waals surface area contributed by atoms with E-state index in [1.54, 1.807) is 0 Å². The van der Waals surface area contributed by atoms with Gasteiger partial charge in [0, 0.05) is 11.4 Å². The molecule has 0 aliphatic heterocycles. The van der Waals surface area contributed by atoms with Crippen LogP contribution in [-0.2, 0) is 22.7 Å². The third-order valence-electron chi connectivity index (χ3n) is 4.83. The van der Waals surface area contributed by atoms with Gasteiger partial charge >= 0.3 is 5.97 Å². The van der Waals surface area contributed by atoms with Gasteiger partial charge in [0.2, 0.25) is 5.91 Å². The Kier molecular flexibility index (Phi) is 7.92. The number of esters is 1. The molecule has 170 valence electrons. The molecule has 0 radical (unpaired) electrons. The molecule has 0 saturated heterocycles. The third-order valence-corrected chi connectivity index (χ3v) is 6.92. The number of amides is 1. The highest BCUT2D eigenvalue weighted by molar-refractivity contribution is 7.99. The summed E-state index contributed by atoms with van der Waals surface area (Å²) in [5.41, 5.74) is 2.34. The lowest BCUT2D eigenvalue weighted by Gasteiger charge is -2.09. The number of hydrogen-bond donors (Lipinski definition) is 1. The fourth-order valence-corrected chi connectivity index (χ4v) is 4.94. The van der Waals surface area contributed by atoms with Crippen molar-refractivity contribution in [3.8, 4) is 5.75 Å². The van der Waals surface area contributed by atoms with E-state index in [1.807, 2.05) is 56.5 Å². The van der Waals surface area contributed by atoms with Crippen molar-refractivity contribution in [1.29, 1.82) is 0 Å². The van der Waals surface area contributed by atoms with Crippen LogP contribution in [0.25, 0.3) is 0 Å². The van der Waals surface area contributed by atoms with E-state index in [1.165, 1.54) is 30.2 Å². The average molecular weight is 475 g/mol. The van der Waals surface area contributed by atoms with Crippen LogP contribution in [0.1, 0.15) is 39.1 Å². The van der Waals surface area contributed by atoms with Crippen LogP contribution < -0.4 is 10.1 Å². The minimum Gasteiger partial charge on any atom is -0.486 e. The van der Waals surface area contributed by atoms with Gasteiger partial charge in [-0.2, -0.15) is 0 Å². The number of aromatic nitrogens is 3. The van der Waals surface area contributed by atoms with Crippen LogP contribution in [0.4, 0.5) is 5.00 Å². The molecule has 0 bridgehead atoms. The first-order valence-corrected chi connectivity index (χ1v) is 11.9. The van der Waals surface area contributed by atoms with Crippen molar-refractivity contribution in [2.75, 3.05) is 18.2 Å². The van der Waals surface area contributed by atoms with E-state index in [0.717, 1.165) is 21.8 Å². The maximum absolute atomic E-state index is 12.6. The highest BCUT2D eigenvalue weighted by atomic mass is 32.2. The van der Waals surface area contributed by atoms with Gasteiger partial charge in [0.25, 0.3) is 0 Å². The second-order valence-electron chi connectivity index (χ2n) is 7.06. The molecule has 0 aliphatic rings. The number of anilines is 1. The molecule has 0 aliphatic carbocycles. The summed E-state index contributed by atoms with van der Waals surface area (Å²) in [4.78, 5) is 25.6. The number of nitrogens with zero attached hydrogens (tertiary/aromatic N) is 3. The zero-order valence-electron chi connectivity index (χ0n) is 18.7. The summed E-state index contributed by atoms with van der Waals surface area (Å²) in [5, 5.41) is 12.4. The smallest absolute Gasteiger partial charge is 0.341 e. The Morgan fingerprint density at radius 1 is 1.22 bits per heavy atom. The fraction of sp³-hybridized carbons (Fsp3) is 0.364. The Morgan fingerprint density at radius 2 is 2.00 bits per heavy atom. The first-order valence-electron chi connectivity index (χ1n) is 10.1. The van der Waals surface area contributed by atoms with Gasteiger partial charge in [0.15, 0.2) is 11.0 Å². The Labute approximate surface area is 195 Å². The van der Waals surface area contributed by atoms with Crippen molar-refractivity contribution in [1.82, 2.24) is 14.8 Å². The standard InChI is InChI=1S/C22H26N4O4S2/c1-6-26-17(11-30-16-9-7-8-13(2)10-16)24-25-22(26)31-12-18(27)23-20-19(21(28)29-5)14(3)15(4)32-20/h7-10H,6,11-12H2,1-5H3,(H,23,27). The zero-order chi connectivity index (χ0) is 23.3. The second kappa shape index (κ2) is 10.6. The Bertz CT molecular complexity index is 1120. The predicted molar refractivity (Wildman–Crippen MR) is 126 cm³/mol. The van der Waals surface area contributed by atoms with Crippen LogP contribution in [0.15, 0.2) is 29.4 Å². The summed E-state index contributed by atoms with van der Waals surface area (Å²) in [7, 11) is 1.33. The number of benzene rings is 1. The van der Waals surface area contributed by atoms with Gasteiger partial charge in [-0.3, -0.25) is 4.79 Å². The number of carbonyl (C=O) groups is 2. The lowest BCUT2D eigenvalue weighted by atomic mass is 10.1. The van der Waals surface area contributed by atoms with Crippen molar-refractivity contribution in [2.45, 2.75) is 46.0 Å². The van der Waals surface area contributed by atoms with Gasteiger partial charge in [0.1, 0.15) is 17.4 Å². The van der Waals surface area contributed by atoms with E-state index in [4.69, 9.17) is 9.47 Å². The zero-order valence-corrected chi connectivity index (χ0v) is 20.4. The minimum absolute atomic E-state index is 0.132. The molecule has 1 amide bonds. The maximum atomic E-state index is 12.6. The number of thioether (sulfide) groups is 1. The number of hydrogen-bond acceptors (Lipinski definition) is 8. The molecule has 2 heterocycles. The number of methoxy groups -OCH3 is 1. The molecule has 32 heavy (non-hydrogen) atoms. The van der Waals surface area contributed by atoms with E-state index >= 15 is 0 Å². The van der Waals surface area contributed by atoms with Gasteiger partial charge in [0.05, 0.1) is 18.4 Å². The molecular formula is C22H26N4O4S2.